The van der Waals surface area contributed by atoms with Crippen LogP contribution in [0.5, 0.6) is 23.0 Å². The normalized spacial score (nSPS) is 13.4. The SMILES string of the molecule is C.C.C.C.C.c1ccc2c(c1)CCC2.c1ccc2c(c1)CCCC2.c1ccc2c(c1)OCCO2.c1ccc2c(c1)OCO2. The van der Waals surface area contributed by atoms with E-state index in [9.17, 15) is 0 Å². The molecule has 236 valence electrons. The molecule has 0 spiro atoms. The summed E-state index contributed by atoms with van der Waals surface area (Å²) >= 11 is 0. The largest absolute Gasteiger partial charge is 0.486 e. The second kappa shape index (κ2) is 20.9. The van der Waals surface area contributed by atoms with Gasteiger partial charge in [0, 0.05) is 0 Å². The van der Waals surface area contributed by atoms with Crippen LogP contribution in [0.3, 0.4) is 0 Å². The molecule has 0 saturated heterocycles. The summed E-state index contributed by atoms with van der Waals surface area (Å²) in [4.78, 5) is 0. The number of fused-ring (bicyclic) bond motifs is 4. The third-order valence-corrected chi connectivity index (χ3v) is 7.00. The molecule has 4 nitrogen and oxygen atoms in total. The maximum atomic E-state index is 5.30. The van der Waals surface area contributed by atoms with E-state index in [4.69, 9.17) is 18.9 Å². The molecule has 43 heavy (non-hydrogen) atoms. The molecule has 0 amide bonds. The number of hydrogen-bond acceptors (Lipinski definition) is 4. The summed E-state index contributed by atoms with van der Waals surface area (Å²) in [6, 6.07) is 32.9. The highest BCUT2D eigenvalue weighted by molar-refractivity contribution is 5.41. The number of rotatable bonds is 0. The first-order valence-corrected chi connectivity index (χ1v) is 13.7. The Morgan fingerprint density at radius 2 is 0.605 bits per heavy atom. The quantitative estimate of drug-likeness (QED) is 0.205. The molecule has 0 N–H and O–H groups in total. The molecule has 4 aromatic rings. The predicted octanol–water partition coefficient (Wildman–Crippen LogP) is 10.8. The van der Waals surface area contributed by atoms with Crippen LogP contribution in [0.2, 0.25) is 0 Å². The van der Waals surface area contributed by atoms with Crippen molar-refractivity contribution in [2.75, 3.05) is 20.0 Å². The van der Waals surface area contributed by atoms with Crippen molar-refractivity contribution in [3.8, 4) is 23.0 Å². The second-order valence-electron chi connectivity index (χ2n) is 9.60. The molecular formula is C39H56O4. The molecule has 4 aliphatic rings. The predicted molar refractivity (Wildman–Crippen MR) is 185 cm³/mol. The van der Waals surface area contributed by atoms with Gasteiger partial charge in [-0.25, -0.2) is 0 Å². The van der Waals surface area contributed by atoms with Gasteiger partial charge in [-0.1, -0.05) is 110 Å². The molecular weight excluding hydrogens is 532 g/mol. The molecule has 0 unspecified atom stereocenters. The molecule has 0 fully saturated rings. The number of para-hydroxylation sites is 4. The maximum absolute atomic E-state index is 5.30. The lowest BCUT2D eigenvalue weighted by molar-refractivity contribution is 0.171. The fourth-order valence-corrected chi connectivity index (χ4v) is 5.03. The van der Waals surface area contributed by atoms with E-state index in [0.717, 1.165) is 23.0 Å². The van der Waals surface area contributed by atoms with Crippen LogP contribution in [-0.2, 0) is 25.7 Å². The van der Waals surface area contributed by atoms with Gasteiger partial charge >= 0.3 is 0 Å². The van der Waals surface area contributed by atoms with Gasteiger partial charge in [0.1, 0.15) is 13.2 Å². The summed E-state index contributed by atoms with van der Waals surface area (Å²) in [7, 11) is 0. The van der Waals surface area contributed by atoms with Gasteiger partial charge in [0.25, 0.3) is 0 Å². The zero-order chi connectivity index (χ0) is 25.8. The van der Waals surface area contributed by atoms with E-state index in [2.05, 4.69) is 48.5 Å². The highest BCUT2D eigenvalue weighted by Gasteiger charge is 2.10. The van der Waals surface area contributed by atoms with E-state index < -0.39 is 0 Å². The van der Waals surface area contributed by atoms with E-state index in [-0.39, 0.29) is 37.1 Å². The van der Waals surface area contributed by atoms with Crippen molar-refractivity contribution in [2.45, 2.75) is 82.1 Å². The van der Waals surface area contributed by atoms with Crippen molar-refractivity contribution in [3.63, 3.8) is 0 Å². The Labute approximate surface area is 263 Å². The average Bonchev–Trinajstić information content (AvgIpc) is 3.68. The van der Waals surface area contributed by atoms with Gasteiger partial charge in [-0.2, -0.15) is 0 Å². The molecule has 0 bridgehead atoms. The number of benzene rings is 4. The van der Waals surface area contributed by atoms with Crippen molar-refractivity contribution in [3.05, 3.63) is 119 Å². The zero-order valence-corrected chi connectivity index (χ0v) is 21.9. The molecule has 2 heterocycles. The minimum absolute atomic E-state index is 0. The lowest BCUT2D eigenvalue weighted by Gasteiger charge is -2.17. The van der Waals surface area contributed by atoms with E-state index in [1.807, 2.05) is 48.5 Å². The van der Waals surface area contributed by atoms with Crippen LogP contribution in [0.4, 0.5) is 0 Å². The number of hydrogen-bond donors (Lipinski definition) is 0. The second-order valence-corrected chi connectivity index (χ2v) is 9.60. The van der Waals surface area contributed by atoms with Gasteiger partial charge in [-0.15, -0.1) is 0 Å². The first-order chi connectivity index (χ1) is 18.9. The Kier molecular flexibility index (Phi) is 19.0. The van der Waals surface area contributed by atoms with Crippen LogP contribution < -0.4 is 18.9 Å². The summed E-state index contributed by atoms with van der Waals surface area (Å²) in [6.07, 6.45) is 9.34. The summed E-state index contributed by atoms with van der Waals surface area (Å²) in [5, 5.41) is 0. The van der Waals surface area contributed by atoms with Gasteiger partial charge in [-0.05, 0) is 91.5 Å². The Balaban J connectivity index is 0.000000527. The standard InChI is InChI=1S/C10H12.C9H10.C8H8O2.C7H6O2.5CH4/c1-2-6-10-8-4-3-7-9(10)5-1;1-2-5-9-7-3-6-8(9)4-1;1-2-4-8-7(3-1)9-5-6-10-8;1-2-4-7-6(3-1)8-5-9-7;;;;;/h1-2,5-6H,3-4,7-8H2;1-2,4-5H,3,6-7H2;1-4H,5-6H2;1-4H,5H2;5*1H4. The molecule has 0 aromatic heterocycles. The summed E-state index contributed by atoms with van der Waals surface area (Å²) in [5.41, 5.74) is 6.29. The highest BCUT2D eigenvalue weighted by Crippen LogP contribution is 2.30. The van der Waals surface area contributed by atoms with E-state index >= 15 is 0 Å². The molecule has 4 heteroatoms. The highest BCUT2D eigenvalue weighted by atomic mass is 16.7. The number of ether oxygens (including phenoxy) is 4. The molecule has 8 rings (SSSR count). The topological polar surface area (TPSA) is 36.9 Å². The van der Waals surface area contributed by atoms with Crippen molar-refractivity contribution >= 4 is 0 Å². The molecule has 2 aliphatic carbocycles. The summed E-state index contributed by atoms with van der Waals surface area (Å²) < 4.78 is 20.7. The fraction of sp³-hybridized carbons (Fsp3) is 0.385. The third kappa shape index (κ3) is 11.4. The summed E-state index contributed by atoms with van der Waals surface area (Å²) in [6.45, 7) is 1.69. The minimum atomic E-state index is 0. The van der Waals surface area contributed by atoms with Crippen molar-refractivity contribution in [2.24, 2.45) is 0 Å². The Morgan fingerprint density at radius 1 is 0.326 bits per heavy atom. The van der Waals surface area contributed by atoms with Crippen LogP contribution in [0, 0.1) is 0 Å². The first-order valence-electron chi connectivity index (χ1n) is 13.7. The van der Waals surface area contributed by atoms with Gasteiger partial charge in [0.2, 0.25) is 6.79 Å². The van der Waals surface area contributed by atoms with E-state index in [1.54, 1.807) is 22.3 Å². The minimum Gasteiger partial charge on any atom is -0.486 e. The van der Waals surface area contributed by atoms with Crippen LogP contribution >= 0.6 is 0 Å². The molecule has 0 saturated carbocycles. The molecule has 4 aromatic carbocycles. The Hall–Kier alpha value is -3.92. The van der Waals surface area contributed by atoms with Crippen molar-refractivity contribution in [1.82, 2.24) is 0 Å². The van der Waals surface area contributed by atoms with Gasteiger partial charge < -0.3 is 18.9 Å². The van der Waals surface area contributed by atoms with Crippen molar-refractivity contribution in [1.29, 1.82) is 0 Å². The van der Waals surface area contributed by atoms with Crippen LogP contribution in [0.25, 0.3) is 0 Å². The Morgan fingerprint density at radius 3 is 0.953 bits per heavy atom. The number of aryl methyl sites for hydroxylation is 4. The Bertz CT molecular complexity index is 1100. The fourth-order valence-electron chi connectivity index (χ4n) is 5.03. The monoisotopic (exact) mass is 588 g/mol. The first kappa shape index (κ1) is 39.1. The van der Waals surface area contributed by atoms with Gasteiger partial charge in [-0.3, -0.25) is 0 Å². The third-order valence-electron chi connectivity index (χ3n) is 7.00. The van der Waals surface area contributed by atoms with Gasteiger partial charge in [0.15, 0.2) is 23.0 Å². The molecule has 0 atom stereocenters. The van der Waals surface area contributed by atoms with Crippen molar-refractivity contribution < 1.29 is 18.9 Å². The van der Waals surface area contributed by atoms with E-state index in [0.29, 0.717) is 20.0 Å². The lowest BCUT2D eigenvalue weighted by Crippen LogP contribution is -2.14. The van der Waals surface area contributed by atoms with Crippen LogP contribution in [0.1, 0.15) is 78.6 Å². The maximum Gasteiger partial charge on any atom is 0.231 e. The zero-order valence-electron chi connectivity index (χ0n) is 21.9. The lowest BCUT2D eigenvalue weighted by atomic mass is 9.92. The van der Waals surface area contributed by atoms with Gasteiger partial charge in [0.05, 0.1) is 0 Å². The van der Waals surface area contributed by atoms with Crippen LogP contribution in [0.15, 0.2) is 97.1 Å². The smallest absolute Gasteiger partial charge is 0.231 e. The average molecular weight is 589 g/mol. The van der Waals surface area contributed by atoms with Crippen LogP contribution in [-0.4, -0.2) is 20.0 Å². The molecule has 0 radical (unpaired) electrons. The van der Waals surface area contributed by atoms with E-state index in [1.165, 1.54) is 44.9 Å². The molecule has 2 aliphatic heterocycles. The summed E-state index contributed by atoms with van der Waals surface area (Å²) in [5.74, 6) is 3.40.